The van der Waals surface area contributed by atoms with E-state index in [2.05, 4.69) is 78.6 Å². The van der Waals surface area contributed by atoms with E-state index >= 15 is 0 Å². The third kappa shape index (κ3) is 11.6. The van der Waals surface area contributed by atoms with E-state index in [9.17, 15) is 0 Å². The molecule has 0 aromatic heterocycles. The quantitative estimate of drug-likeness (QED) is 0.204. The van der Waals surface area contributed by atoms with Crippen LogP contribution in [0.5, 0.6) is 0 Å². The van der Waals surface area contributed by atoms with E-state index in [0.717, 1.165) is 0 Å². The molecule has 0 rings (SSSR count). The Morgan fingerprint density at radius 2 is 0.682 bits per heavy atom. The van der Waals surface area contributed by atoms with Crippen LogP contribution in [0.15, 0.2) is 0 Å². The summed E-state index contributed by atoms with van der Waals surface area (Å²) in [6, 6.07) is 0. The van der Waals surface area contributed by atoms with Crippen LogP contribution >= 0.6 is 32.9 Å². The second-order valence-electron chi connectivity index (χ2n) is 10.2. The molecule has 0 saturated carbocycles. The minimum absolute atomic E-state index is 0.0467. The van der Waals surface area contributed by atoms with Crippen LogP contribution in [0.25, 0.3) is 0 Å². The molecule has 0 radical (unpaired) electrons. The third-order valence-electron chi connectivity index (χ3n) is 3.97. The fourth-order valence-corrected chi connectivity index (χ4v) is 104. The monoisotopic (exact) mass is 635 g/mol. The van der Waals surface area contributed by atoms with Crippen molar-refractivity contribution in [3.63, 3.8) is 0 Å². The molecule has 0 aliphatic heterocycles. The molecule has 22 heavy (non-hydrogen) atoms. The Morgan fingerprint density at radius 1 is 0.545 bits per heavy atom. The van der Waals surface area contributed by atoms with E-state index in [1.807, 2.05) is 0 Å². The molecule has 9 heteroatoms. The fourth-order valence-electron chi connectivity index (χ4n) is 3.49. The summed E-state index contributed by atoms with van der Waals surface area (Å²) in [5.41, 5.74) is 0. The Balaban J connectivity index is 0. The van der Waals surface area contributed by atoms with Gasteiger partial charge in [-0.25, -0.2) is 0 Å². The molecule has 0 aliphatic carbocycles. The molecule has 0 nitrogen and oxygen atoms in total. The number of halogens is 2. The van der Waals surface area contributed by atoms with Gasteiger partial charge in [-0.05, 0) is 92.6 Å². The first-order valence-corrected chi connectivity index (χ1v) is 35.0. The van der Waals surface area contributed by atoms with Crippen LogP contribution in [0.1, 0.15) is 0 Å². The van der Waals surface area contributed by atoms with Gasteiger partial charge in [0.25, 0.3) is 0 Å². The Bertz CT molecular complexity index is 262. The zero-order chi connectivity index (χ0) is 18.6. The summed E-state index contributed by atoms with van der Waals surface area (Å²) in [5, 5.41) is 0. The van der Waals surface area contributed by atoms with Gasteiger partial charge in [0.1, 0.15) is 5.90 Å². The average molecular weight is 637 g/mol. The first kappa shape index (κ1) is 27.2. The number of hydrogen-bond acceptors (Lipinski definition) is 0. The van der Waals surface area contributed by atoms with E-state index in [1.54, 1.807) is 5.90 Å². The molecule has 0 aromatic carbocycles. The maximum absolute atomic E-state index is 4.88. The van der Waals surface area contributed by atoms with E-state index in [0.29, 0.717) is 0 Å². The summed E-state index contributed by atoms with van der Waals surface area (Å²) in [4.78, 5) is 0. The Hall–Kier alpha value is 3.00. The molecule has 0 bridgehead atoms. The van der Waals surface area contributed by atoms with Gasteiger partial charge in [-0.2, -0.15) is 0 Å². The van der Waals surface area contributed by atoms with Gasteiger partial charge >= 0.3 is 35.3 Å². The number of rotatable bonds is 6. The van der Waals surface area contributed by atoms with Gasteiger partial charge in [-0.1, -0.05) is 0 Å². The summed E-state index contributed by atoms with van der Waals surface area (Å²) in [6.07, 6.45) is 0. The zero-order valence-corrected chi connectivity index (χ0v) is 26.6. The third-order valence-corrected chi connectivity index (χ3v) is 69.1. The van der Waals surface area contributed by atoms with E-state index in [4.69, 9.17) is 18.8 Å². The van der Waals surface area contributed by atoms with Crippen LogP contribution in [0.4, 0.5) is 0 Å². The molecule has 0 N–H and O–H groups in total. The van der Waals surface area contributed by atoms with Gasteiger partial charge in [-0.3, -0.25) is 0 Å². The maximum atomic E-state index is 4.88. The number of hydrogen-bond donors (Lipinski definition) is 0. The Kier molecular flexibility index (Phi) is 12.8. The Labute approximate surface area is 163 Å². The van der Waals surface area contributed by atoms with E-state index in [-0.39, 0.29) is 14.0 Å². The van der Waals surface area contributed by atoms with E-state index in [1.165, 1.54) is 0 Å². The summed E-state index contributed by atoms with van der Waals surface area (Å²) in [7, 11) is 6.02. The standard InChI is InChI=1S/C13H38P2Si4.2ClH.Pt/c1-16(2,3)14(17(4,5)6)13-15(18(7,8)9)19(10,11)12;;;/h13H2,1-12H3;2*1H;/q;;;+2. The molecule has 0 unspecified atom stereocenters. The first-order valence-electron chi connectivity index (χ1n) is 7.95. The van der Waals surface area contributed by atoms with Crippen molar-refractivity contribution in [1.29, 1.82) is 0 Å². The minimum atomic E-state index is -0.909. The van der Waals surface area contributed by atoms with Gasteiger partial charge in [0.15, 0.2) is 0 Å². The molecule has 0 aliphatic rings. The van der Waals surface area contributed by atoms with Gasteiger partial charge in [0, 0.05) is 0 Å². The van der Waals surface area contributed by atoms with Gasteiger partial charge in [-0.15, -0.1) is 0 Å². The molecular weight excluding hydrogens is 596 g/mol. The normalized spacial score (nSPS) is 14.4. The fraction of sp³-hybridized carbons (Fsp3) is 1.00. The summed E-state index contributed by atoms with van der Waals surface area (Å²) >= 11 is -0.472. The molecule has 0 fully saturated rings. The SMILES string of the molecule is C[Si](C)(C)[PH+](C[PH+]([Si](C)(C)C)[Si](C)(C)C)[Si](C)(C)C.[Cl][Pt][Cl]. The van der Waals surface area contributed by atoms with E-state index < -0.39 is 47.4 Å². The Morgan fingerprint density at radius 3 is 0.773 bits per heavy atom. The van der Waals surface area contributed by atoms with Crippen molar-refractivity contribution in [2.24, 2.45) is 0 Å². The van der Waals surface area contributed by atoms with Crippen LogP contribution < -0.4 is 0 Å². The zero-order valence-electron chi connectivity index (χ0n) is 16.8. The molecule has 140 valence electrons. The summed E-state index contributed by atoms with van der Waals surface area (Å²) in [6.45, 7) is 32.1. The van der Waals surface area contributed by atoms with Crippen molar-refractivity contribution in [1.82, 2.24) is 0 Å². The van der Waals surface area contributed by atoms with Crippen molar-refractivity contribution in [3.8, 4) is 0 Å². The van der Waals surface area contributed by atoms with Crippen molar-refractivity contribution in [2.75, 3.05) is 5.90 Å². The molecule has 0 spiro atoms. The molecule has 0 saturated heterocycles. The predicted octanol–water partition coefficient (Wildman–Crippen LogP) is 8.09. The molecule has 0 amide bonds. The predicted molar refractivity (Wildman–Crippen MR) is 127 cm³/mol. The second kappa shape index (κ2) is 10.4. The molecule has 0 heterocycles. The average Bonchev–Trinajstić information content (AvgIpc) is 2.09. The van der Waals surface area contributed by atoms with Crippen LogP contribution in [0, 0.1) is 0 Å². The van der Waals surface area contributed by atoms with Crippen LogP contribution in [-0.4, -0.2) is 36.9 Å². The molecule has 0 aromatic rings. The molecular formula is C13H40Cl2P2PtSi4+2. The van der Waals surface area contributed by atoms with Gasteiger partial charge in [0.05, 0.1) is 0 Å². The van der Waals surface area contributed by atoms with Crippen LogP contribution in [-0.2, 0) is 16.5 Å². The van der Waals surface area contributed by atoms with Crippen molar-refractivity contribution < 1.29 is 16.5 Å². The van der Waals surface area contributed by atoms with Crippen molar-refractivity contribution in [3.05, 3.63) is 0 Å². The van der Waals surface area contributed by atoms with Crippen LogP contribution in [0.2, 0.25) is 78.6 Å². The summed E-state index contributed by atoms with van der Waals surface area (Å²) in [5.74, 6) is 1.77. The van der Waals surface area contributed by atoms with Crippen LogP contribution in [0.3, 0.4) is 0 Å². The summed E-state index contributed by atoms with van der Waals surface area (Å²) < 4.78 is 0. The first-order chi connectivity index (χ1) is 9.39. The van der Waals surface area contributed by atoms with Gasteiger partial charge < -0.3 is 0 Å². The van der Waals surface area contributed by atoms with Gasteiger partial charge in [0.2, 0.25) is 31.0 Å². The van der Waals surface area contributed by atoms with Crippen molar-refractivity contribution >= 4 is 63.8 Å². The van der Waals surface area contributed by atoms with Crippen molar-refractivity contribution in [2.45, 2.75) is 78.6 Å². The molecule has 0 atom stereocenters. The second-order valence-corrected chi connectivity index (χ2v) is 63.0. The topological polar surface area (TPSA) is 0 Å².